The van der Waals surface area contributed by atoms with Crippen LogP contribution in [0.5, 0.6) is 5.75 Å². The summed E-state index contributed by atoms with van der Waals surface area (Å²) in [5.74, 6) is -0.149. The second-order valence-electron chi connectivity index (χ2n) is 7.27. The summed E-state index contributed by atoms with van der Waals surface area (Å²) in [6, 6.07) is 18.6. The molecule has 0 aliphatic heterocycles. The van der Waals surface area contributed by atoms with Crippen molar-refractivity contribution in [2.75, 3.05) is 7.11 Å². The Bertz CT molecular complexity index is 1430. The molecular formula is C24H20ClN5O4. The number of carbonyl (C=O) groups excluding carboxylic acids is 1. The van der Waals surface area contributed by atoms with E-state index in [4.69, 9.17) is 16.3 Å². The molecule has 0 aliphatic carbocycles. The minimum absolute atomic E-state index is 0.0779. The Labute approximate surface area is 199 Å². The number of carbonyl (C=O) groups is 1. The largest absolute Gasteiger partial charge is 0.497 e. The molecule has 0 spiro atoms. The Hall–Kier alpha value is -4.24. The monoisotopic (exact) mass is 477 g/mol. The van der Waals surface area contributed by atoms with Gasteiger partial charge in [-0.3, -0.25) is 19.1 Å². The number of halogens is 1. The third kappa shape index (κ3) is 5.05. The Morgan fingerprint density at radius 1 is 1.06 bits per heavy atom. The van der Waals surface area contributed by atoms with Crippen LogP contribution in [0.3, 0.4) is 0 Å². The van der Waals surface area contributed by atoms with Crippen molar-refractivity contribution in [1.29, 1.82) is 0 Å². The molecule has 172 valence electrons. The molecule has 2 heterocycles. The van der Waals surface area contributed by atoms with Gasteiger partial charge in [-0.2, -0.15) is 9.78 Å². The van der Waals surface area contributed by atoms with E-state index in [1.165, 1.54) is 7.11 Å². The highest BCUT2D eigenvalue weighted by Crippen LogP contribution is 2.14. The van der Waals surface area contributed by atoms with Crippen LogP contribution in [0.1, 0.15) is 21.7 Å². The van der Waals surface area contributed by atoms with Crippen molar-refractivity contribution in [2.24, 2.45) is 0 Å². The van der Waals surface area contributed by atoms with Crippen LogP contribution >= 0.6 is 11.6 Å². The molecule has 0 saturated heterocycles. The molecule has 10 heteroatoms. The third-order valence-electron chi connectivity index (χ3n) is 4.98. The molecule has 0 radical (unpaired) electrons. The van der Waals surface area contributed by atoms with Gasteiger partial charge < -0.3 is 10.1 Å². The lowest BCUT2D eigenvalue weighted by molar-refractivity contribution is 0.0940. The Balaban J connectivity index is 1.78. The van der Waals surface area contributed by atoms with Crippen LogP contribution in [0.2, 0.25) is 5.02 Å². The van der Waals surface area contributed by atoms with Crippen LogP contribution < -0.4 is 21.3 Å². The average molecular weight is 478 g/mol. The second kappa shape index (κ2) is 10.1. The number of methoxy groups -OCH3 is 1. The summed E-state index contributed by atoms with van der Waals surface area (Å²) in [6.07, 6.45) is 1.60. The first-order valence-electron chi connectivity index (χ1n) is 10.3. The van der Waals surface area contributed by atoms with E-state index < -0.39 is 22.9 Å². The third-order valence-corrected chi connectivity index (χ3v) is 5.23. The summed E-state index contributed by atoms with van der Waals surface area (Å²) < 4.78 is 7.20. The molecular weight excluding hydrogens is 458 g/mol. The van der Waals surface area contributed by atoms with Crippen molar-refractivity contribution in [3.05, 3.63) is 116 Å². The van der Waals surface area contributed by atoms with E-state index in [-0.39, 0.29) is 13.1 Å². The number of pyridine rings is 1. The maximum Gasteiger partial charge on any atom is 0.352 e. The maximum atomic E-state index is 13.2. The molecule has 9 nitrogen and oxygen atoms in total. The minimum atomic E-state index is -0.809. The fraction of sp³-hybridized carbons (Fsp3) is 0.125. The van der Waals surface area contributed by atoms with Crippen LogP contribution in [0, 0.1) is 0 Å². The quantitative estimate of drug-likeness (QED) is 0.438. The molecule has 0 atom stereocenters. The Morgan fingerprint density at radius 2 is 1.85 bits per heavy atom. The van der Waals surface area contributed by atoms with Crippen molar-refractivity contribution in [2.45, 2.75) is 13.1 Å². The number of hydrogen-bond acceptors (Lipinski definition) is 6. The number of ether oxygens (including phenoxy) is 1. The zero-order chi connectivity index (χ0) is 24.1. The van der Waals surface area contributed by atoms with Gasteiger partial charge in [-0.1, -0.05) is 29.8 Å². The van der Waals surface area contributed by atoms with Crippen LogP contribution in [-0.4, -0.2) is 32.3 Å². The van der Waals surface area contributed by atoms with Gasteiger partial charge in [0.2, 0.25) is 5.69 Å². The predicted molar refractivity (Wildman–Crippen MR) is 127 cm³/mol. The van der Waals surface area contributed by atoms with E-state index in [2.05, 4.69) is 15.4 Å². The first-order chi connectivity index (χ1) is 16.5. The van der Waals surface area contributed by atoms with Gasteiger partial charge in [-0.05, 0) is 54.1 Å². The fourth-order valence-corrected chi connectivity index (χ4v) is 3.38. The normalized spacial score (nSPS) is 10.6. The average Bonchev–Trinajstić information content (AvgIpc) is 2.86. The van der Waals surface area contributed by atoms with E-state index in [1.54, 1.807) is 72.9 Å². The van der Waals surface area contributed by atoms with Gasteiger partial charge in [0.05, 0.1) is 31.6 Å². The highest BCUT2D eigenvalue weighted by Gasteiger charge is 2.20. The van der Waals surface area contributed by atoms with Gasteiger partial charge >= 0.3 is 5.69 Å². The zero-order valence-corrected chi connectivity index (χ0v) is 18.9. The van der Waals surface area contributed by atoms with Crippen molar-refractivity contribution in [3.63, 3.8) is 0 Å². The first-order valence-corrected chi connectivity index (χ1v) is 10.6. The molecule has 0 unspecified atom stereocenters. The fourth-order valence-electron chi connectivity index (χ4n) is 3.26. The van der Waals surface area contributed by atoms with E-state index in [1.807, 2.05) is 0 Å². The maximum absolute atomic E-state index is 13.2. The number of nitrogens with zero attached hydrogens (tertiary/aromatic N) is 4. The number of nitrogens with one attached hydrogen (secondary N) is 1. The molecule has 4 rings (SSSR count). The van der Waals surface area contributed by atoms with E-state index in [9.17, 15) is 14.4 Å². The van der Waals surface area contributed by atoms with Crippen molar-refractivity contribution in [1.82, 2.24) is 24.6 Å². The summed E-state index contributed by atoms with van der Waals surface area (Å²) >= 11 is 5.97. The summed E-state index contributed by atoms with van der Waals surface area (Å²) in [6.45, 7) is 0.0161. The molecule has 0 fully saturated rings. The Morgan fingerprint density at radius 3 is 2.56 bits per heavy atom. The highest BCUT2D eigenvalue weighted by molar-refractivity contribution is 6.30. The van der Waals surface area contributed by atoms with Crippen molar-refractivity contribution in [3.8, 4) is 11.4 Å². The molecule has 0 bridgehead atoms. The summed E-state index contributed by atoms with van der Waals surface area (Å²) in [7, 11) is 1.52. The molecule has 4 aromatic rings. The molecule has 2 aromatic heterocycles. The standard InChI is InChI=1S/C24H20ClN5O4/c1-34-20-7-4-5-16(13-20)15-29-23(32)21(22(31)27-14-18-6-2-3-12-26-18)28-30(24(29)33)19-10-8-17(25)9-11-19/h2-13H,14-15H2,1H3,(H,27,31). The van der Waals surface area contributed by atoms with Crippen molar-refractivity contribution < 1.29 is 9.53 Å². The first kappa shape index (κ1) is 22.9. The number of rotatable bonds is 7. The summed E-state index contributed by atoms with van der Waals surface area (Å²) in [4.78, 5) is 43.5. The van der Waals surface area contributed by atoms with Gasteiger partial charge in [-0.25, -0.2) is 4.79 Å². The van der Waals surface area contributed by atoms with Crippen LogP contribution in [0.25, 0.3) is 5.69 Å². The molecule has 34 heavy (non-hydrogen) atoms. The number of aromatic nitrogens is 4. The van der Waals surface area contributed by atoms with Gasteiger partial charge in [0.1, 0.15) is 5.75 Å². The summed E-state index contributed by atoms with van der Waals surface area (Å²) in [5, 5.41) is 7.20. The van der Waals surface area contributed by atoms with Gasteiger partial charge in [0, 0.05) is 11.2 Å². The van der Waals surface area contributed by atoms with E-state index in [0.29, 0.717) is 27.7 Å². The molecule has 2 aromatic carbocycles. The lowest BCUT2D eigenvalue weighted by atomic mass is 10.2. The number of amides is 1. The molecule has 1 N–H and O–H groups in total. The van der Waals surface area contributed by atoms with Crippen LogP contribution in [-0.2, 0) is 13.1 Å². The molecule has 1 amide bonds. The van der Waals surface area contributed by atoms with Crippen LogP contribution in [0.4, 0.5) is 0 Å². The second-order valence-corrected chi connectivity index (χ2v) is 7.70. The van der Waals surface area contributed by atoms with E-state index in [0.717, 1.165) is 9.25 Å². The number of hydrogen-bond donors (Lipinski definition) is 1. The molecule has 0 aliphatic rings. The SMILES string of the molecule is COc1cccc(Cn2c(=O)c(C(=O)NCc3ccccn3)nn(-c3ccc(Cl)cc3)c2=O)c1. The Kier molecular flexibility index (Phi) is 6.84. The lowest BCUT2D eigenvalue weighted by Crippen LogP contribution is -2.46. The zero-order valence-electron chi connectivity index (χ0n) is 18.1. The lowest BCUT2D eigenvalue weighted by Gasteiger charge is -2.13. The summed E-state index contributed by atoms with van der Waals surface area (Å²) in [5.41, 5.74) is -0.320. The van der Waals surface area contributed by atoms with Gasteiger partial charge in [0.25, 0.3) is 11.5 Å². The highest BCUT2D eigenvalue weighted by atomic mass is 35.5. The van der Waals surface area contributed by atoms with Gasteiger partial charge in [-0.15, -0.1) is 0 Å². The van der Waals surface area contributed by atoms with E-state index >= 15 is 0 Å². The topological polar surface area (TPSA) is 108 Å². The molecule has 0 saturated carbocycles. The van der Waals surface area contributed by atoms with Crippen molar-refractivity contribution >= 4 is 17.5 Å². The van der Waals surface area contributed by atoms with Gasteiger partial charge in [0.15, 0.2) is 0 Å². The number of benzene rings is 2. The van der Waals surface area contributed by atoms with Crippen LogP contribution in [0.15, 0.2) is 82.5 Å². The smallest absolute Gasteiger partial charge is 0.352 e. The predicted octanol–water partition coefficient (Wildman–Crippen LogP) is 2.43. The minimum Gasteiger partial charge on any atom is -0.497 e.